The van der Waals surface area contributed by atoms with Crippen molar-refractivity contribution >= 4 is 35.4 Å². The summed E-state index contributed by atoms with van der Waals surface area (Å²) in [5.74, 6) is 0.503. The van der Waals surface area contributed by atoms with Crippen molar-refractivity contribution in [2.45, 2.75) is 25.1 Å². The van der Waals surface area contributed by atoms with Crippen LogP contribution in [0.25, 0.3) is 17.5 Å². The number of aromatic amines is 1. The minimum absolute atomic E-state index is 0.0382. The predicted octanol–water partition coefficient (Wildman–Crippen LogP) is 5.14. The molecule has 0 aliphatic heterocycles. The lowest BCUT2D eigenvalue weighted by molar-refractivity contribution is -0.131. The molecule has 0 aliphatic rings. The van der Waals surface area contributed by atoms with Crippen LogP contribution in [0.3, 0.4) is 0 Å². The number of rotatable bonds is 8. The zero-order chi connectivity index (χ0) is 21.7. The van der Waals surface area contributed by atoms with Crippen LogP contribution < -0.4 is 9.47 Å². The SMILES string of the molecule is COc1ccc(Cl)cc1-c1nc(S/C(=C\c2ccccc2OC(C)C)C(=O)O)n[nH]1. The predicted molar refractivity (Wildman–Crippen MR) is 117 cm³/mol. The number of benzene rings is 2. The first-order valence-corrected chi connectivity index (χ1v) is 10.2. The van der Waals surface area contributed by atoms with E-state index >= 15 is 0 Å². The Morgan fingerprint density at radius 3 is 2.70 bits per heavy atom. The molecule has 0 unspecified atom stereocenters. The van der Waals surface area contributed by atoms with E-state index in [4.69, 9.17) is 21.1 Å². The van der Waals surface area contributed by atoms with Gasteiger partial charge >= 0.3 is 5.97 Å². The van der Waals surface area contributed by atoms with Crippen molar-refractivity contribution in [1.29, 1.82) is 0 Å². The number of nitrogens with zero attached hydrogens (tertiary/aromatic N) is 2. The summed E-state index contributed by atoms with van der Waals surface area (Å²) >= 11 is 7.01. The number of H-pyrrole nitrogens is 1. The van der Waals surface area contributed by atoms with E-state index in [1.165, 1.54) is 0 Å². The molecule has 1 aromatic heterocycles. The average molecular weight is 446 g/mol. The van der Waals surface area contributed by atoms with Crippen LogP contribution >= 0.6 is 23.4 Å². The first kappa shape index (κ1) is 21.7. The van der Waals surface area contributed by atoms with Gasteiger partial charge in [-0.15, -0.1) is 5.10 Å². The highest BCUT2D eigenvalue weighted by molar-refractivity contribution is 8.04. The Labute approximate surface area is 183 Å². The topological polar surface area (TPSA) is 97.3 Å². The molecule has 0 bridgehead atoms. The van der Waals surface area contributed by atoms with Crippen LogP contribution in [-0.4, -0.2) is 39.5 Å². The van der Waals surface area contributed by atoms with Crippen molar-refractivity contribution in [2.75, 3.05) is 7.11 Å². The van der Waals surface area contributed by atoms with Crippen molar-refractivity contribution in [3.8, 4) is 22.9 Å². The molecule has 0 spiro atoms. The van der Waals surface area contributed by atoms with Gasteiger partial charge in [-0.3, -0.25) is 5.10 Å². The number of aromatic nitrogens is 3. The summed E-state index contributed by atoms with van der Waals surface area (Å²) in [4.78, 5) is 16.3. The molecule has 1 heterocycles. The van der Waals surface area contributed by atoms with Crippen molar-refractivity contribution < 1.29 is 19.4 Å². The first-order valence-electron chi connectivity index (χ1n) is 9.02. The number of aliphatic carboxylic acids is 1. The van der Waals surface area contributed by atoms with E-state index in [-0.39, 0.29) is 16.2 Å². The highest BCUT2D eigenvalue weighted by Crippen LogP contribution is 2.33. The van der Waals surface area contributed by atoms with Gasteiger partial charge in [-0.05, 0) is 56.0 Å². The highest BCUT2D eigenvalue weighted by atomic mass is 35.5. The Morgan fingerprint density at radius 1 is 1.23 bits per heavy atom. The van der Waals surface area contributed by atoms with Crippen molar-refractivity contribution in [3.63, 3.8) is 0 Å². The summed E-state index contributed by atoms with van der Waals surface area (Å²) in [6.45, 7) is 3.82. The van der Waals surface area contributed by atoms with Crippen molar-refractivity contribution in [2.24, 2.45) is 0 Å². The maximum atomic E-state index is 11.8. The number of halogens is 1. The summed E-state index contributed by atoms with van der Waals surface area (Å²) in [6.07, 6.45) is 1.50. The lowest BCUT2D eigenvalue weighted by Gasteiger charge is -2.12. The summed E-state index contributed by atoms with van der Waals surface area (Å²) in [6, 6.07) is 12.4. The third-order valence-corrected chi connectivity index (χ3v) is 4.97. The molecule has 0 radical (unpaired) electrons. The maximum Gasteiger partial charge on any atom is 0.342 e. The highest BCUT2D eigenvalue weighted by Gasteiger charge is 2.17. The Bertz CT molecular complexity index is 1080. The molecule has 3 aromatic rings. The molecule has 3 rings (SSSR count). The maximum absolute atomic E-state index is 11.8. The standard InChI is InChI=1S/C21H20ClN3O4S/c1-12(2)29-16-7-5-4-6-13(16)10-18(20(26)27)30-21-23-19(24-25-21)15-11-14(22)8-9-17(15)28-3/h4-12H,1-3H3,(H,26,27)(H,23,24,25)/b18-10-. The van der Waals surface area contributed by atoms with Gasteiger partial charge in [0, 0.05) is 10.6 Å². The fourth-order valence-corrected chi connectivity index (χ4v) is 3.48. The molecule has 2 N–H and O–H groups in total. The van der Waals surface area contributed by atoms with E-state index in [0.717, 1.165) is 11.8 Å². The Kier molecular flexibility index (Phi) is 7.02. The largest absolute Gasteiger partial charge is 0.496 e. The fourth-order valence-electron chi connectivity index (χ4n) is 2.61. The summed E-state index contributed by atoms with van der Waals surface area (Å²) in [5, 5.41) is 17.4. The third kappa shape index (κ3) is 5.34. The molecule has 30 heavy (non-hydrogen) atoms. The van der Waals surface area contributed by atoms with Crippen LogP contribution in [0.1, 0.15) is 19.4 Å². The number of ether oxygens (including phenoxy) is 2. The van der Waals surface area contributed by atoms with Gasteiger partial charge in [-0.1, -0.05) is 29.8 Å². The lowest BCUT2D eigenvalue weighted by Crippen LogP contribution is -2.06. The molecule has 7 nitrogen and oxygen atoms in total. The van der Waals surface area contributed by atoms with Gasteiger partial charge in [-0.2, -0.15) is 0 Å². The first-order chi connectivity index (χ1) is 14.4. The summed E-state index contributed by atoms with van der Waals surface area (Å²) < 4.78 is 11.1. The van der Waals surface area contributed by atoms with E-state index in [1.54, 1.807) is 43.5 Å². The normalized spacial score (nSPS) is 11.6. The van der Waals surface area contributed by atoms with Gasteiger partial charge in [0.05, 0.1) is 18.8 Å². The van der Waals surface area contributed by atoms with Crippen LogP contribution in [0.2, 0.25) is 5.02 Å². The zero-order valence-electron chi connectivity index (χ0n) is 16.5. The number of para-hydroxylation sites is 1. The van der Waals surface area contributed by atoms with Crippen molar-refractivity contribution in [3.05, 3.63) is 58.0 Å². The van der Waals surface area contributed by atoms with Crippen LogP contribution in [0.15, 0.2) is 52.5 Å². The average Bonchev–Trinajstić information content (AvgIpc) is 3.17. The molecule has 156 valence electrons. The molecule has 0 saturated heterocycles. The van der Waals surface area contributed by atoms with Crippen LogP contribution in [0, 0.1) is 0 Å². The minimum Gasteiger partial charge on any atom is -0.496 e. The molecule has 0 fully saturated rings. The van der Waals surface area contributed by atoms with Crippen LogP contribution in [0.5, 0.6) is 11.5 Å². The van der Waals surface area contributed by atoms with Gasteiger partial charge in [0.15, 0.2) is 5.82 Å². The monoisotopic (exact) mass is 445 g/mol. The number of thioether (sulfide) groups is 1. The molecule has 2 aromatic carbocycles. The van der Waals surface area contributed by atoms with Gasteiger partial charge in [0.1, 0.15) is 16.4 Å². The zero-order valence-corrected chi connectivity index (χ0v) is 18.1. The number of carboxylic acids is 1. The van der Waals surface area contributed by atoms with Gasteiger partial charge in [0.25, 0.3) is 0 Å². The summed E-state index contributed by atoms with van der Waals surface area (Å²) in [7, 11) is 1.54. The smallest absolute Gasteiger partial charge is 0.342 e. The number of methoxy groups -OCH3 is 1. The van der Waals surface area contributed by atoms with E-state index in [9.17, 15) is 9.90 Å². The number of hydrogen-bond acceptors (Lipinski definition) is 6. The van der Waals surface area contributed by atoms with E-state index in [2.05, 4.69) is 15.2 Å². The Morgan fingerprint density at radius 2 is 2.00 bits per heavy atom. The van der Waals surface area contributed by atoms with E-state index in [1.807, 2.05) is 26.0 Å². The van der Waals surface area contributed by atoms with Crippen LogP contribution in [0.4, 0.5) is 0 Å². The second kappa shape index (κ2) is 9.69. The molecule has 0 amide bonds. The van der Waals surface area contributed by atoms with Gasteiger partial charge in [-0.25, -0.2) is 9.78 Å². The lowest BCUT2D eigenvalue weighted by atomic mass is 10.2. The van der Waals surface area contributed by atoms with Gasteiger partial charge < -0.3 is 14.6 Å². The molecule has 0 aliphatic carbocycles. The fraction of sp³-hybridized carbons (Fsp3) is 0.190. The minimum atomic E-state index is -1.09. The Balaban J connectivity index is 1.91. The Hall–Kier alpha value is -2.97. The molecular weight excluding hydrogens is 426 g/mol. The number of carboxylic acid groups (broad SMARTS) is 1. The van der Waals surface area contributed by atoms with Crippen molar-refractivity contribution in [1.82, 2.24) is 15.2 Å². The summed E-state index contributed by atoms with van der Waals surface area (Å²) in [5.41, 5.74) is 1.28. The molecule has 9 heteroatoms. The number of nitrogens with one attached hydrogen (secondary N) is 1. The molecule has 0 saturated carbocycles. The van der Waals surface area contributed by atoms with Gasteiger partial charge in [0.2, 0.25) is 5.16 Å². The second-order valence-electron chi connectivity index (χ2n) is 6.43. The molecule has 0 atom stereocenters. The quantitative estimate of drug-likeness (QED) is 0.366. The third-order valence-electron chi connectivity index (χ3n) is 3.86. The second-order valence-corrected chi connectivity index (χ2v) is 7.88. The van der Waals surface area contributed by atoms with E-state index < -0.39 is 5.97 Å². The number of hydrogen-bond donors (Lipinski definition) is 2. The van der Waals surface area contributed by atoms with Crippen LogP contribution in [-0.2, 0) is 4.79 Å². The number of carbonyl (C=O) groups is 1. The molecular formula is C21H20ClN3O4S. The van der Waals surface area contributed by atoms with E-state index in [0.29, 0.717) is 33.5 Å².